The Morgan fingerprint density at radius 3 is 2.38 bits per heavy atom. The number of rotatable bonds is 6. The number of hydrogen-bond donors (Lipinski definition) is 1. The Morgan fingerprint density at radius 1 is 1.08 bits per heavy atom. The SMILES string of the molecule is N/C(=N\OC(=O)/C=C\c1ccc(OC(F)F)cc1)c1ccccc1. The van der Waals surface area contributed by atoms with Crippen LogP contribution < -0.4 is 10.5 Å². The molecule has 0 spiro atoms. The third-order valence-corrected chi connectivity index (χ3v) is 2.82. The van der Waals surface area contributed by atoms with Gasteiger partial charge in [0, 0.05) is 11.6 Å². The molecule has 0 bridgehead atoms. The average molecular weight is 332 g/mol. The lowest BCUT2D eigenvalue weighted by Gasteiger charge is -2.03. The molecule has 0 aromatic heterocycles. The summed E-state index contributed by atoms with van der Waals surface area (Å²) in [5, 5.41) is 3.54. The van der Waals surface area contributed by atoms with Crippen molar-refractivity contribution in [2.45, 2.75) is 6.61 Å². The number of nitrogens with zero attached hydrogens (tertiary/aromatic N) is 1. The lowest BCUT2D eigenvalue weighted by atomic mass is 10.2. The fraction of sp³-hybridized carbons (Fsp3) is 0.0588. The zero-order valence-electron chi connectivity index (χ0n) is 12.4. The normalized spacial score (nSPS) is 11.7. The second-order valence-electron chi connectivity index (χ2n) is 4.53. The van der Waals surface area contributed by atoms with Crippen molar-refractivity contribution < 1.29 is 23.1 Å². The average Bonchev–Trinajstić information content (AvgIpc) is 2.59. The zero-order valence-corrected chi connectivity index (χ0v) is 12.4. The summed E-state index contributed by atoms with van der Waals surface area (Å²) in [6.07, 6.45) is 2.59. The fourth-order valence-electron chi connectivity index (χ4n) is 1.71. The van der Waals surface area contributed by atoms with E-state index in [0.29, 0.717) is 11.1 Å². The van der Waals surface area contributed by atoms with Crippen LogP contribution in [-0.2, 0) is 9.63 Å². The number of alkyl halides is 2. The zero-order chi connectivity index (χ0) is 17.4. The van der Waals surface area contributed by atoms with Gasteiger partial charge >= 0.3 is 12.6 Å². The Morgan fingerprint density at radius 2 is 1.75 bits per heavy atom. The summed E-state index contributed by atoms with van der Waals surface area (Å²) in [6.45, 7) is -2.88. The van der Waals surface area contributed by atoms with Gasteiger partial charge in [-0.1, -0.05) is 47.6 Å². The van der Waals surface area contributed by atoms with Crippen LogP contribution in [0.3, 0.4) is 0 Å². The maximum Gasteiger partial charge on any atom is 0.387 e. The molecule has 0 radical (unpaired) electrons. The van der Waals surface area contributed by atoms with Crippen molar-refractivity contribution in [2.75, 3.05) is 0 Å². The molecule has 2 N–H and O–H groups in total. The van der Waals surface area contributed by atoms with Crippen molar-refractivity contribution in [1.82, 2.24) is 0 Å². The number of carbonyl (C=O) groups is 1. The molecule has 24 heavy (non-hydrogen) atoms. The lowest BCUT2D eigenvalue weighted by molar-refractivity contribution is -0.137. The first kappa shape index (κ1) is 17.1. The van der Waals surface area contributed by atoms with Gasteiger partial charge in [-0.05, 0) is 23.8 Å². The summed E-state index contributed by atoms with van der Waals surface area (Å²) in [5.74, 6) is -0.613. The van der Waals surface area contributed by atoms with E-state index in [2.05, 4.69) is 14.7 Å². The van der Waals surface area contributed by atoms with Crippen LogP contribution in [0, 0.1) is 0 Å². The molecule has 0 heterocycles. The van der Waals surface area contributed by atoms with Crippen LogP contribution >= 0.6 is 0 Å². The molecule has 0 fully saturated rings. The molecule has 2 aromatic rings. The minimum absolute atomic E-state index is 0.0324. The van der Waals surface area contributed by atoms with Crippen LogP contribution in [0.25, 0.3) is 6.08 Å². The van der Waals surface area contributed by atoms with Gasteiger partial charge in [0.15, 0.2) is 5.84 Å². The number of amidine groups is 1. The monoisotopic (exact) mass is 332 g/mol. The molecule has 0 aliphatic rings. The number of hydrogen-bond acceptors (Lipinski definition) is 4. The van der Waals surface area contributed by atoms with Crippen molar-refractivity contribution >= 4 is 17.9 Å². The minimum atomic E-state index is -2.88. The van der Waals surface area contributed by atoms with E-state index < -0.39 is 12.6 Å². The lowest BCUT2D eigenvalue weighted by Crippen LogP contribution is -2.14. The third kappa shape index (κ3) is 5.53. The molecule has 124 valence electrons. The van der Waals surface area contributed by atoms with Gasteiger partial charge in [0.1, 0.15) is 5.75 Å². The number of ether oxygens (including phenoxy) is 1. The standard InChI is InChI=1S/C17H14F2N2O3/c18-17(19)23-14-9-6-12(7-10-14)8-11-15(22)24-21-16(20)13-4-2-1-3-5-13/h1-11,17H,(H2,20,21)/b11-8-. The molecule has 5 nitrogen and oxygen atoms in total. The number of nitrogens with two attached hydrogens (primary N) is 1. The third-order valence-electron chi connectivity index (χ3n) is 2.82. The smallest absolute Gasteiger partial charge is 0.387 e. The Balaban J connectivity index is 1.91. The maximum atomic E-state index is 12.0. The second kappa shape index (κ2) is 8.42. The largest absolute Gasteiger partial charge is 0.435 e. The topological polar surface area (TPSA) is 73.9 Å². The van der Waals surface area contributed by atoms with E-state index in [1.165, 1.54) is 30.3 Å². The Hall–Kier alpha value is -3.22. The molecule has 7 heteroatoms. The summed E-state index contributed by atoms with van der Waals surface area (Å²) in [5.41, 5.74) is 6.91. The van der Waals surface area contributed by atoms with E-state index in [-0.39, 0.29) is 11.6 Å². The first-order valence-electron chi connectivity index (χ1n) is 6.87. The van der Waals surface area contributed by atoms with Crippen LogP contribution in [0.2, 0.25) is 0 Å². The van der Waals surface area contributed by atoms with E-state index in [9.17, 15) is 13.6 Å². The highest BCUT2D eigenvalue weighted by Gasteiger charge is 2.03. The Labute approximate surface area is 137 Å². The van der Waals surface area contributed by atoms with Crippen molar-refractivity contribution in [3.63, 3.8) is 0 Å². The van der Waals surface area contributed by atoms with Crippen molar-refractivity contribution in [3.05, 3.63) is 71.8 Å². The number of halogens is 2. The van der Waals surface area contributed by atoms with Crippen LogP contribution in [0.1, 0.15) is 11.1 Å². The molecule has 0 saturated heterocycles. The quantitative estimate of drug-likeness (QED) is 0.290. The van der Waals surface area contributed by atoms with E-state index >= 15 is 0 Å². The first-order valence-corrected chi connectivity index (χ1v) is 6.87. The van der Waals surface area contributed by atoms with Crippen molar-refractivity contribution in [3.8, 4) is 5.75 Å². The Bertz CT molecular complexity index is 729. The summed E-state index contributed by atoms with van der Waals surface area (Å²) >= 11 is 0. The van der Waals surface area contributed by atoms with E-state index in [0.717, 1.165) is 6.08 Å². The highest BCUT2D eigenvalue weighted by atomic mass is 19.3. The summed E-state index contributed by atoms with van der Waals surface area (Å²) in [4.78, 5) is 16.2. The molecule has 0 aliphatic carbocycles. The van der Waals surface area contributed by atoms with Gasteiger partial charge in [0.05, 0.1) is 0 Å². The first-order chi connectivity index (χ1) is 11.5. The fourth-order valence-corrected chi connectivity index (χ4v) is 1.71. The van der Waals surface area contributed by atoms with Gasteiger partial charge in [0.2, 0.25) is 0 Å². The molecule has 0 unspecified atom stereocenters. The van der Waals surface area contributed by atoms with Gasteiger partial charge in [-0.2, -0.15) is 8.78 Å². The molecule has 0 atom stereocenters. The Kier molecular flexibility index (Phi) is 6.01. The molecular formula is C17H14F2N2O3. The van der Waals surface area contributed by atoms with Gasteiger partial charge in [-0.3, -0.25) is 0 Å². The van der Waals surface area contributed by atoms with Gasteiger partial charge < -0.3 is 15.3 Å². The van der Waals surface area contributed by atoms with Gasteiger partial charge in [-0.15, -0.1) is 0 Å². The highest BCUT2D eigenvalue weighted by molar-refractivity contribution is 5.97. The molecule has 2 rings (SSSR count). The van der Waals surface area contributed by atoms with Crippen LogP contribution in [-0.4, -0.2) is 18.4 Å². The predicted molar refractivity (Wildman–Crippen MR) is 85.4 cm³/mol. The van der Waals surface area contributed by atoms with Crippen molar-refractivity contribution in [2.24, 2.45) is 10.9 Å². The molecular weight excluding hydrogens is 318 g/mol. The summed E-state index contributed by atoms with van der Waals surface area (Å²) in [6, 6.07) is 14.6. The summed E-state index contributed by atoms with van der Waals surface area (Å²) < 4.78 is 28.3. The molecule has 0 amide bonds. The number of oxime groups is 1. The number of benzene rings is 2. The second-order valence-corrected chi connectivity index (χ2v) is 4.53. The molecule has 0 aliphatic heterocycles. The van der Waals surface area contributed by atoms with Crippen LogP contribution in [0.4, 0.5) is 8.78 Å². The van der Waals surface area contributed by atoms with E-state index in [4.69, 9.17) is 5.73 Å². The molecule has 2 aromatic carbocycles. The predicted octanol–water partition coefficient (Wildman–Crippen LogP) is 3.16. The van der Waals surface area contributed by atoms with Gasteiger partial charge in [0.25, 0.3) is 0 Å². The molecule has 0 saturated carbocycles. The van der Waals surface area contributed by atoms with Gasteiger partial charge in [-0.25, -0.2) is 4.79 Å². The summed E-state index contributed by atoms with van der Waals surface area (Å²) in [7, 11) is 0. The maximum absolute atomic E-state index is 12.0. The van der Waals surface area contributed by atoms with Crippen LogP contribution in [0.15, 0.2) is 65.8 Å². The van der Waals surface area contributed by atoms with E-state index in [1.807, 2.05) is 6.07 Å². The number of carbonyl (C=O) groups excluding carboxylic acids is 1. The highest BCUT2D eigenvalue weighted by Crippen LogP contribution is 2.15. The minimum Gasteiger partial charge on any atom is -0.435 e. The van der Waals surface area contributed by atoms with E-state index in [1.54, 1.807) is 24.3 Å². The van der Waals surface area contributed by atoms with Crippen LogP contribution in [0.5, 0.6) is 5.75 Å². The van der Waals surface area contributed by atoms with Crippen molar-refractivity contribution in [1.29, 1.82) is 0 Å².